The first kappa shape index (κ1) is 16.7. The van der Waals surface area contributed by atoms with Crippen molar-refractivity contribution < 1.29 is 28.6 Å². The molecule has 0 radical (unpaired) electrons. The van der Waals surface area contributed by atoms with E-state index in [1.807, 2.05) is 0 Å². The third kappa shape index (κ3) is 5.25. The lowest BCUT2D eigenvalue weighted by Gasteiger charge is -2.15. The molecule has 1 unspecified atom stereocenters. The van der Waals surface area contributed by atoms with Crippen LogP contribution >= 0.6 is 0 Å². The second kappa shape index (κ2) is 7.42. The molecule has 1 rings (SSSR count). The molecule has 0 N–H and O–H groups in total. The first-order valence-electron chi connectivity index (χ1n) is 6.50. The van der Waals surface area contributed by atoms with Crippen LogP contribution < -0.4 is 4.74 Å². The van der Waals surface area contributed by atoms with Gasteiger partial charge in [0.1, 0.15) is 5.75 Å². The molecule has 1 aromatic rings. The van der Waals surface area contributed by atoms with E-state index in [2.05, 4.69) is 0 Å². The average Bonchev–Trinajstić information content (AvgIpc) is 2.38. The molecule has 21 heavy (non-hydrogen) atoms. The van der Waals surface area contributed by atoms with Gasteiger partial charge in [0.15, 0.2) is 5.78 Å². The second-order valence-electron chi connectivity index (χ2n) is 4.68. The molecule has 0 aromatic heterocycles. The van der Waals surface area contributed by atoms with E-state index in [-0.39, 0.29) is 23.0 Å². The van der Waals surface area contributed by atoms with Gasteiger partial charge < -0.3 is 14.2 Å². The number of esters is 1. The van der Waals surface area contributed by atoms with Crippen molar-refractivity contribution >= 4 is 17.9 Å². The third-order valence-electron chi connectivity index (χ3n) is 2.48. The molecular weight excluding hydrogens is 276 g/mol. The highest BCUT2D eigenvalue weighted by Crippen LogP contribution is 2.19. The Morgan fingerprint density at radius 2 is 1.62 bits per heavy atom. The molecule has 0 amide bonds. The van der Waals surface area contributed by atoms with Gasteiger partial charge in [-0.2, -0.15) is 0 Å². The fourth-order valence-electron chi connectivity index (χ4n) is 1.42. The fourth-order valence-corrected chi connectivity index (χ4v) is 1.42. The second-order valence-corrected chi connectivity index (χ2v) is 4.68. The van der Waals surface area contributed by atoms with Crippen molar-refractivity contribution in [3.63, 3.8) is 0 Å². The first-order valence-corrected chi connectivity index (χ1v) is 6.50. The summed E-state index contributed by atoms with van der Waals surface area (Å²) in [6.07, 6.45) is -2.12. The molecule has 0 saturated carbocycles. The number of hydrogen-bond acceptors (Lipinski definition) is 6. The van der Waals surface area contributed by atoms with Crippen molar-refractivity contribution in [2.75, 3.05) is 0 Å². The van der Waals surface area contributed by atoms with E-state index in [1.54, 1.807) is 26.0 Å². The molecule has 0 aliphatic carbocycles. The summed E-state index contributed by atoms with van der Waals surface area (Å²) in [5, 5.41) is 0. The van der Waals surface area contributed by atoms with Gasteiger partial charge in [-0.05, 0) is 19.1 Å². The van der Waals surface area contributed by atoms with Crippen LogP contribution in [0.3, 0.4) is 0 Å². The standard InChI is InChI=1S/C15H18O6/c1-9(2)14(17)19-11(4)20-15(18)21-13-8-6-5-7-12(13)10(3)16/h5-9,11H,1-4H3. The largest absolute Gasteiger partial charge is 0.516 e. The number of para-hydroxylation sites is 1. The summed E-state index contributed by atoms with van der Waals surface area (Å²) in [6, 6.07) is 6.29. The van der Waals surface area contributed by atoms with E-state index < -0.39 is 18.4 Å². The van der Waals surface area contributed by atoms with Gasteiger partial charge in [-0.25, -0.2) is 4.79 Å². The van der Waals surface area contributed by atoms with Crippen LogP contribution in [-0.2, 0) is 14.3 Å². The maximum atomic E-state index is 11.6. The quantitative estimate of drug-likeness (QED) is 0.359. The molecule has 1 aromatic carbocycles. The van der Waals surface area contributed by atoms with Crippen molar-refractivity contribution in [3.05, 3.63) is 29.8 Å². The zero-order valence-electron chi connectivity index (χ0n) is 12.4. The van der Waals surface area contributed by atoms with Gasteiger partial charge in [-0.3, -0.25) is 9.59 Å². The van der Waals surface area contributed by atoms with Gasteiger partial charge in [0.2, 0.25) is 6.29 Å². The molecule has 6 heteroatoms. The van der Waals surface area contributed by atoms with E-state index in [4.69, 9.17) is 14.2 Å². The predicted molar refractivity (Wildman–Crippen MR) is 73.9 cm³/mol. The Kier molecular flexibility index (Phi) is 5.90. The number of rotatable bonds is 5. The van der Waals surface area contributed by atoms with E-state index in [0.717, 1.165) is 0 Å². The minimum absolute atomic E-state index is 0.0948. The molecule has 114 valence electrons. The van der Waals surface area contributed by atoms with Crippen LogP contribution in [0.15, 0.2) is 24.3 Å². The molecule has 0 bridgehead atoms. The van der Waals surface area contributed by atoms with Crippen molar-refractivity contribution in [3.8, 4) is 5.75 Å². The van der Waals surface area contributed by atoms with Crippen LogP contribution in [0.5, 0.6) is 5.75 Å². The average molecular weight is 294 g/mol. The zero-order valence-corrected chi connectivity index (χ0v) is 12.4. The Bertz CT molecular complexity index is 535. The Labute approximate surface area is 123 Å². The number of carbonyl (C=O) groups excluding carboxylic acids is 3. The topological polar surface area (TPSA) is 78.9 Å². The summed E-state index contributed by atoms with van der Waals surface area (Å²) in [5.41, 5.74) is 0.265. The maximum Gasteiger partial charge on any atom is 0.516 e. The van der Waals surface area contributed by atoms with Crippen LogP contribution in [0.25, 0.3) is 0 Å². The molecule has 1 atom stereocenters. The van der Waals surface area contributed by atoms with Gasteiger partial charge in [0.25, 0.3) is 0 Å². The molecule has 0 saturated heterocycles. The monoisotopic (exact) mass is 294 g/mol. The molecule has 0 fully saturated rings. The van der Waals surface area contributed by atoms with Gasteiger partial charge in [-0.15, -0.1) is 0 Å². The number of Topliss-reactive ketones (excluding diaryl/α,β-unsaturated/α-hetero) is 1. The molecule has 0 aliphatic rings. The fraction of sp³-hybridized carbons (Fsp3) is 0.400. The summed E-state index contributed by atoms with van der Waals surface area (Å²) in [5.74, 6) is -0.958. The minimum Gasteiger partial charge on any atom is -0.425 e. The highest BCUT2D eigenvalue weighted by atomic mass is 16.8. The Morgan fingerprint density at radius 3 is 2.19 bits per heavy atom. The van der Waals surface area contributed by atoms with Crippen LogP contribution in [0.4, 0.5) is 4.79 Å². The smallest absolute Gasteiger partial charge is 0.425 e. The summed E-state index contributed by atoms with van der Waals surface area (Å²) < 4.78 is 14.6. The van der Waals surface area contributed by atoms with E-state index >= 15 is 0 Å². The van der Waals surface area contributed by atoms with Gasteiger partial charge in [0, 0.05) is 6.92 Å². The van der Waals surface area contributed by atoms with Crippen molar-refractivity contribution in [1.82, 2.24) is 0 Å². The first-order chi connectivity index (χ1) is 9.81. The minimum atomic E-state index is -1.07. The lowest BCUT2D eigenvalue weighted by molar-refractivity contribution is -0.170. The van der Waals surface area contributed by atoms with E-state index in [1.165, 1.54) is 26.0 Å². The SMILES string of the molecule is CC(=O)c1ccccc1OC(=O)OC(C)OC(=O)C(C)C. The Balaban J connectivity index is 2.62. The predicted octanol–water partition coefficient (Wildman–Crippen LogP) is 2.95. The molecule has 0 spiro atoms. The lowest BCUT2D eigenvalue weighted by Crippen LogP contribution is -2.25. The Morgan fingerprint density at radius 1 is 1.00 bits per heavy atom. The van der Waals surface area contributed by atoms with Crippen LogP contribution in [-0.4, -0.2) is 24.2 Å². The van der Waals surface area contributed by atoms with Crippen LogP contribution in [0, 0.1) is 5.92 Å². The Hall–Kier alpha value is -2.37. The van der Waals surface area contributed by atoms with Crippen LogP contribution in [0.1, 0.15) is 38.1 Å². The number of hydrogen-bond donors (Lipinski definition) is 0. The number of ketones is 1. The van der Waals surface area contributed by atoms with Crippen molar-refractivity contribution in [2.24, 2.45) is 5.92 Å². The van der Waals surface area contributed by atoms with Gasteiger partial charge in [-0.1, -0.05) is 26.0 Å². The normalized spacial score (nSPS) is 11.7. The summed E-state index contributed by atoms with van der Waals surface area (Å²) in [4.78, 5) is 34.3. The molecule has 0 aliphatic heterocycles. The summed E-state index contributed by atoms with van der Waals surface area (Å²) >= 11 is 0. The van der Waals surface area contributed by atoms with Crippen molar-refractivity contribution in [2.45, 2.75) is 34.0 Å². The molecular formula is C15H18O6. The van der Waals surface area contributed by atoms with Crippen molar-refractivity contribution in [1.29, 1.82) is 0 Å². The zero-order chi connectivity index (χ0) is 16.0. The summed E-state index contributed by atoms with van der Waals surface area (Å²) in [6.45, 7) is 6.09. The van der Waals surface area contributed by atoms with Gasteiger partial charge >= 0.3 is 12.1 Å². The number of benzene rings is 1. The third-order valence-corrected chi connectivity index (χ3v) is 2.48. The maximum absolute atomic E-state index is 11.6. The number of ether oxygens (including phenoxy) is 3. The lowest BCUT2D eigenvalue weighted by atomic mass is 10.1. The highest BCUT2D eigenvalue weighted by Gasteiger charge is 2.19. The van der Waals surface area contributed by atoms with Gasteiger partial charge in [0.05, 0.1) is 11.5 Å². The number of carbonyl (C=O) groups is 3. The molecule has 0 heterocycles. The highest BCUT2D eigenvalue weighted by molar-refractivity contribution is 5.97. The van der Waals surface area contributed by atoms with E-state index in [9.17, 15) is 14.4 Å². The summed E-state index contributed by atoms with van der Waals surface area (Å²) in [7, 11) is 0. The van der Waals surface area contributed by atoms with E-state index in [0.29, 0.717) is 0 Å². The van der Waals surface area contributed by atoms with Crippen LogP contribution in [0.2, 0.25) is 0 Å². The molecule has 6 nitrogen and oxygen atoms in total.